The van der Waals surface area contributed by atoms with Crippen molar-refractivity contribution in [2.45, 2.75) is 38.5 Å². The molecule has 104 valence electrons. The Bertz CT molecular complexity index is 256. The quantitative estimate of drug-likeness (QED) is 0.797. The second-order valence-electron chi connectivity index (χ2n) is 5.77. The van der Waals surface area contributed by atoms with E-state index in [1.54, 1.807) is 0 Å². The Morgan fingerprint density at radius 3 is 2.06 bits per heavy atom. The van der Waals surface area contributed by atoms with Crippen LogP contribution in [0.1, 0.15) is 38.5 Å². The molecule has 0 aromatic rings. The number of hydrogen-bond acceptors (Lipinski definition) is 3. The van der Waals surface area contributed by atoms with Gasteiger partial charge in [0, 0.05) is 5.92 Å². The van der Waals surface area contributed by atoms with Crippen LogP contribution in [0.2, 0.25) is 0 Å². The van der Waals surface area contributed by atoms with Crippen molar-refractivity contribution in [2.75, 3.05) is 39.3 Å². The lowest BCUT2D eigenvalue weighted by molar-refractivity contribution is -0.123. The standard InChI is InChI=1S/C14H27N3O/c15-14(18)13-5-11-17(12-6-13)10-4-9-16-7-2-1-3-8-16/h13H,1-12H2,(H2,15,18). The molecule has 2 aliphatic heterocycles. The van der Waals surface area contributed by atoms with Crippen molar-refractivity contribution in [1.82, 2.24) is 9.80 Å². The van der Waals surface area contributed by atoms with Gasteiger partial charge in [-0.1, -0.05) is 6.42 Å². The maximum absolute atomic E-state index is 11.1. The van der Waals surface area contributed by atoms with Gasteiger partial charge in [0.2, 0.25) is 5.91 Å². The van der Waals surface area contributed by atoms with Crippen LogP contribution >= 0.6 is 0 Å². The Kier molecular flexibility index (Phi) is 5.45. The highest BCUT2D eigenvalue weighted by atomic mass is 16.1. The monoisotopic (exact) mass is 253 g/mol. The number of piperidine rings is 2. The van der Waals surface area contributed by atoms with E-state index < -0.39 is 0 Å². The van der Waals surface area contributed by atoms with Gasteiger partial charge in [0.05, 0.1) is 0 Å². The third-order valence-corrected chi connectivity index (χ3v) is 4.39. The predicted molar refractivity (Wildman–Crippen MR) is 73.3 cm³/mol. The first-order valence-corrected chi connectivity index (χ1v) is 7.50. The summed E-state index contributed by atoms with van der Waals surface area (Å²) in [4.78, 5) is 16.2. The summed E-state index contributed by atoms with van der Waals surface area (Å²) in [5.41, 5.74) is 5.35. The van der Waals surface area contributed by atoms with Gasteiger partial charge in [0.25, 0.3) is 0 Å². The molecule has 4 nitrogen and oxygen atoms in total. The van der Waals surface area contributed by atoms with Crippen LogP contribution in [0.4, 0.5) is 0 Å². The fourth-order valence-electron chi connectivity index (χ4n) is 3.14. The molecule has 2 saturated heterocycles. The molecule has 0 bridgehead atoms. The number of carbonyl (C=O) groups is 1. The molecule has 2 heterocycles. The van der Waals surface area contributed by atoms with Gasteiger partial charge in [-0.3, -0.25) is 4.79 Å². The fourth-order valence-corrected chi connectivity index (χ4v) is 3.14. The number of nitrogens with two attached hydrogens (primary N) is 1. The van der Waals surface area contributed by atoms with Crippen molar-refractivity contribution in [3.63, 3.8) is 0 Å². The highest BCUT2D eigenvalue weighted by molar-refractivity contribution is 5.76. The lowest BCUT2D eigenvalue weighted by Gasteiger charge is -2.32. The van der Waals surface area contributed by atoms with E-state index >= 15 is 0 Å². The second kappa shape index (κ2) is 7.10. The van der Waals surface area contributed by atoms with Gasteiger partial charge in [-0.05, 0) is 71.4 Å². The van der Waals surface area contributed by atoms with Crippen LogP contribution in [0.5, 0.6) is 0 Å². The van der Waals surface area contributed by atoms with E-state index in [1.165, 1.54) is 51.9 Å². The zero-order chi connectivity index (χ0) is 12.8. The molecule has 18 heavy (non-hydrogen) atoms. The van der Waals surface area contributed by atoms with Gasteiger partial charge < -0.3 is 15.5 Å². The van der Waals surface area contributed by atoms with Gasteiger partial charge in [-0.2, -0.15) is 0 Å². The first-order chi connectivity index (χ1) is 8.75. The SMILES string of the molecule is NC(=O)C1CCN(CCCN2CCCCC2)CC1. The summed E-state index contributed by atoms with van der Waals surface area (Å²) >= 11 is 0. The molecule has 1 amide bonds. The van der Waals surface area contributed by atoms with Crippen molar-refractivity contribution < 1.29 is 4.79 Å². The zero-order valence-corrected chi connectivity index (χ0v) is 11.4. The number of carbonyl (C=O) groups excluding carboxylic acids is 1. The van der Waals surface area contributed by atoms with E-state index in [2.05, 4.69) is 9.80 Å². The summed E-state index contributed by atoms with van der Waals surface area (Å²) < 4.78 is 0. The number of amides is 1. The lowest BCUT2D eigenvalue weighted by atomic mass is 9.96. The van der Waals surface area contributed by atoms with Crippen molar-refractivity contribution >= 4 is 5.91 Å². The maximum Gasteiger partial charge on any atom is 0.220 e. The van der Waals surface area contributed by atoms with E-state index in [4.69, 9.17) is 5.73 Å². The molecule has 0 aliphatic carbocycles. The Balaban J connectivity index is 1.56. The molecule has 2 aliphatic rings. The number of likely N-dealkylation sites (tertiary alicyclic amines) is 2. The van der Waals surface area contributed by atoms with Crippen molar-refractivity contribution in [3.05, 3.63) is 0 Å². The van der Waals surface area contributed by atoms with Crippen LogP contribution in [0.3, 0.4) is 0 Å². The third-order valence-electron chi connectivity index (χ3n) is 4.39. The van der Waals surface area contributed by atoms with E-state index in [1.807, 2.05) is 0 Å². The first-order valence-electron chi connectivity index (χ1n) is 7.50. The smallest absolute Gasteiger partial charge is 0.220 e. The summed E-state index contributed by atoms with van der Waals surface area (Å²) in [6.07, 6.45) is 7.35. The van der Waals surface area contributed by atoms with Gasteiger partial charge >= 0.3 is 0 Å². The number of rotatable bonds is 5. The normalized spacial score (nSPS) is 24.2. The van der Waals surface area contributed by atoms with Crippen molar-refractivity contribution in [2.24, 2.45) is 11.7 Å². The molecular weight excluding hydrogens is 226 g/mol. The molecule has 0 unspecified atom stereocenters. The Morgan fingerprint density at radius 1 is 0.944 bits per heavy atom. The lowest BCUT2D eigenvalue weighted by Crippen LogP contribution is -2.40. The molecule has 0 spiro atoms. The van der Waals surface area contributed by atoms with Crippen LogP contribution in [-0.4, -0.2) is 55.0 Å². The van der Waals surface area contributed by atoms with E-state index in [0.717, 1.165) is 25.9 Å². The minimum absolute atomic E-state index is 0.108. The van der Waals surface area contributed by atoms with Gasteiger partial charge in [0.15, 0.2) is 0 Å². The highest BCUT2D eigenvalue weighted by Gasteiger charge is 2.22. The molecule has 2 rings (SSSR count). The Labute approximate surface area is 110 Å². The minimum atomic E-state index is -0.108. The van der Waals surface area contributed by atoms with Crippen LogP contribution in [0.25, 0.3) is 0 Å². The molecule has 0 radical (unpaired) electrons. The number of nitrogens with zero attached hydrogens (tertiary/aromatic N) is 2. The van der Waals surface area contributed by atoms with Crippen molar-refractivity contribution in [1.29, 1.82) is 0 Å². The van der Waals surface area contributed by atoms with E-state index in [9.17, 15) is 4.79 Å². The summed E-state index contributed by atoms with van der Waals surface area (Å²) in [6.45, 7) is 7.12. The number of hydrogen-bond donors (Lipinski definition) is 1. The van der Waals surface area contributed by atoms with Gasteiger partial charge in [-0.25, -0.2) is 0 Å². The number of primary amides is 1. The van der Waals surface area contributed by atoms with Crippen LogP contribution in [-0.2, 0) is 4.79 Å². The molecule has 0 atom stereocenters. The largest absolute Gasteiger partial charge is 0.369 e. The minimum Gasteiger partial charge on any atom is -0.369 e. The fraction of sp³-hybridized carbons (Fsp3) is 0.929. The molecular formula is C14H27N3O. The summed E-state index contributed by atoms with van der Waals surface area (Å²) in [5, 5.41) is 0. The zero-order valence-electron chi connectivity index (χ0n) is 11.4. The Morgan fingerprint density at radius 2 is 1.50 bits per heavy atom. The Hall–Kier alpha value is -0.610. The van der Waals surface area contributed by atoms with Crippen LogP contribution < -0.4 is 5.73 Å². The summed E-state index contributed by atoms with van der Waals surface area (Å²) in [5.74, 6) is 0.0197. The molecule has 0 saturated carbocycles. The molecule has 2 fully saturated rings. The van der Waals surface area contributed by atoms with Gasteiger partial charge in [0.1, 0.15) is 0 Å². The van der Waals surface area contributed by atoms with Crippen LogP contribution in [0.15, 0.2) is 0 Å². The third kappa shape index (κ3) is 4.25. The molecule has 4 heteroatoms. The van der Waals surface area contributed by atoms with Crippen molar-refractivity contribution in [3.8, 4) is 0 Å². The molecule has 2 N–H and O–H groups in total. The van der Waals surface area contributed by atoms with Crippen LogP contribution in [0, 0.1) is 5.92 Å². The second-order valence-corrected chi connectivity index (χ2v) is 5.77. The van der Waals surface area contributed by atoms with Gasteiger partial charge in [-0.15, -0.1) is 0 Å². The highest BCUT2D eigenvalue weighted by Crippen LogP contribution is 2.17. The summed E-state index contributed by atoms with van der Waals surface area (Å²) in [7, 11) is 0. The molecule has 0 aromatic heterocycles. The summed E-state index contributed by atoms with van der Waals surface area (Å²) in [6, 6.07) is 0. The average molecular weight is 253 g/mol. The predicted octanol–water partition coefficient (Wildman–Crippen LogP) is 1.06. The first kappa shape index (κ1) is 13.8. The average Bonchev–Trinajstić information content (AvgIpc) is 2.40. The molecule has 0 aromatic carbocycles. The van der Waals surface area contributed by atoms with E-state index in [-0.39, 0.29) is 11.8 Å². The topological polar surface area (TPSA) is 49.6 Å². The van der Waals surface area contributed by atoms with E-state index in [0.29, 0.717) is 0 Å². The maximum atomic E-state index is 11.1.